The van der Waals surface area contributed by atoms with Gasteiger partial charge >= 0.3 is 0 Å². The van der Waals surface area contributed by atoms with Crippen LogP contribution in [0.4, 0.5) is 5.69 Å². The van der Waals surface area contributed by atoms with Crippen LogP contribution in [-0.2, 0) is 4.79 Å². The molecule has 0 aliphatic carbocycles. The number of nitrogens with one attached hydrogen (secondary N) is 1. The van der Waals surface area contributed by atoms with Crippen LogP contribution in [0.1, 0.15) is 31.9 Å². The van der Waals surface area contributed by atoms with E-state index in [1.54, 1.807) is 18.3 Å². The highest BCUT2D eigenvalue weighted by atomic mass is 79.9. The molecular formula is C18H21BrClN3O. The van der Waals surface area contributed by atoms with Crippen LogP contribution in [0, 0.1) is 0 Å². The maximum absolute atomic E-state index is 12.4. The number of pyridine rings is 1. The van der Waals surface area contributed by atoms with Crippen molar-refractivity contribution in [2.75, 3.05) is 18.4 Å². The van der Waals surface area contributed by atoms with Crippen molar-refractivity contribution in [2.24, 2.45) is 0 Å². The summed E-state index contributed by atoms with van der Waals surface area (Å²) in [5.41, 5.74) is 1.70. The third-order valence-electron chi connectivity index (χ3n) is 3.79. The molecule has 1 aromatic heterocycles. The third kappa shape index (κ3) is 5.03. The minimum atomic E-state index is -0.0998. The second kappa shape index (κ2) is 9.16. The maximum atomic E-state index is 12.4. The van der Waals surface area contributed by atoms with E-state index < -0.39 is 0 Å². The second-order valence-electron chi connectivity index (χ2n) is 5.56. The molecular weight excluding hydrogens is 390 g/mol. The summed E-state index contributed by atoms with van der Waals surface area (Å²) in [6, 6.07) is 11.7. The first-order valence-corrected chi connectivity index (χ1v) is 9.08. The van der Waals surface area contributed by atoms with Crippen molar-refractivity contribution < 1.29 is 4.79 Å². The lowest BCUT2D eigenvalue weighted by Gasteiger charge is -2.29. The average Bonchev–Trinajstić information content (AvgIpc) is 2.56. The van der Waals surface area contributed by atoms with Gasteiger partial charge in [-0.3, -0.25) is 9.69 Å². The van der Waals surface area contributed by atoms with E-state index in [0.717, 1.165) is 23.0 Å². The molecule has 0 spiro atoms. The first-order chi connectivity index (χ1) is 11.5. The molecule has 4 nitrogen and oxygen atoms in total. The molecule has 2 aromatic rings. The zero-order valence-electron chi connectivity index (χ0n) is 13.8. The lowest BCUT2D eigenvalue weighted by Crippen LogP contribution is -2.36. The Balaban J connectivity index is 2.09. The molecule has 0 fully saturated rings. The van der Waals surface area contributed by atoms with Crippen LogP contribution in [0.2, 0.25) is 5.15 Å². The van der Waals surface area contributed by atoms with Crippen molar-refractivity contribution in [3.8, 4) is 0 Å². The van der Waals surface area contributed by atoms with Gasteiger partial charge < -0.3 is 5.32 Å². The number of rotatable bonds is 7. The lowest BCUT2D eigenvalue weighted by atomic mass is 10.1. The fraction of sp³-hybridized carbons (Fsp3) is 0.333. The molecule has 1 amide bonds. The topological polar surface area (TPSA) is 45.2 Å². The monoisotopic (exact) mass is 409 g/mol. The normalized spacial score (nSPS) is 12.2. The molecule has 2 rings (SSSR count). The van der Waals surface area contributed by atoms with Gasteiger partial charge in [-0.25, -0.2) is 4.98 Å². The molecule has 1 N–H and O–H groups in total. The van der Waals surface area contributed by atoms with Crippen molar-refractivity contribution in [1.29, 1.82) is 0 Å². The second-order valence-corrected chi connectivity index (χ2v) is 6.77. The summed E-state index contributed by atoms with van der Waals surface area (Å²) in [6.45, 7) is 5.34. The Bertz CT molecular complexity index is 695. The minimum Gasteiger partial charge on any atom is -0.322 e. The number of aromatic nitrogens is 1. The number of carbonyl (C=O) groups excluding carboxylic acids is 1. The van der Waals surface area contributed by atoms with Gasteiger partial charge in [0.1, 0.15) is 0 Å². The lowest BCUT2D eigenvalue weighted by molar-refractivity contribution is -0.117. The van der Waals surface area contributed by atoms with Gasteiger partial charge in [0.05, 0.1) is 12.2 Å². The molecule has 0 radical (unpaired) electrons. The SMILES string of the molecule is CCCN(CC(=O)Nc1cccnc1Cl)C(C)c1ccccc1Br. The number of amides is 1. The van der Waals surface area contributed by atoms with Gasteiger partial charge in [-0.05, 0) is 43.7 Å². The standard InChI is InChI=1S/C18H21BrClN3O/c1-3-11-23(13(2)14-7-4-5-8-15(14)19)12-17(24)22-16-9-6-10-21-18(16)20/h4-10,13H,3,11-12H2,1-2H3,(H,22,24). The molecule has 0 saturated carbocycles. The smallest absolute Gasteiger partial charge is 0.238 e. The highest BCUT2D eigenvalue weighted by Crippen LogP contribution is 2.27. The number of nitrogens with zero attached hydrogens (tertiary/aromatic N) is 2. The van der Waals surface area contributed by atoms with E-state index in [1.807, 2.05) is 18.2 Å². The quantitative estimate of drug-likeness (QED) is 0.660. The molecule has 1 aromatic carbocycles. The van der Waals surface area contributed by atoms with Crippen molar-refractivity contribution >= 4 is 39.1 Å². The van der Waals surface area contributed by atoms with Crippen LogP contribution in [0.15, 0.2) is 47.1 Å². The van der Waals surface area contributed by atoms with Crippen LogP contribution in [0.3, 0.4) is 0 Å². The van der Waals surface area contributed by atoms with E-state index in [1.165, 1.54) is 0 Å². The summed E-state index contributed by atoms with van der Waals surface area (Å²) < 4.78 is 1.05. The van der Waals surface area contributed by atoms with E-state index in [0.29, 0.717) is 17.4 Å². The molecule has 6 heteroatoms. The molecule has 24 heavy (non-hydrogen) atoms. The Morgan fingerprint density at radius 3 is 2.75 bits per heavy atom. The number of halogens is 2. The number of anilines is 1. The van der Waals surface area contributed by atoms with Crippen LogP contribution in [0.5, 0.6) is 0 Å². The van der Waals surface area contributed by atoms with Gasteiger partial charge in [-0.1, -0.05) is 52.7 Å². The molecule has 128 valence electrons. The molecule has 1 atom stereocenters. The molecule has 0 aliphatic rings. The Labute approximate surface area is 156 Å². The number of hydrogen-bond acceptors (Lipinski definition) is 3. The number of hydrogen-bond donors (Lipinski definition) is 1. The third-order valence-corrected chi connectivity index (χ3v) is 4.82. The number of benzene rings is 1. The summed E-state index contributed by atoms with van der Waals surface area (Å²) in [7, 11) is 0. The summed E-state index contributed by atoms with van der Waals surface area (Å²) in [5, 5.41) is 3.13. The highest BCUT2D eigenvalue weighted by molar-refractivity contribution is 9.10. The van der Waals surface area contributed by atoms with E-state index in [2.05, 4.69) is 51.0 Å². The number of carbonyl (C=O) groups is 1. The largest absolute Gasteiger partial charge is 0.322 e. The predicted octanol–water partition coefficient (Wildman–Crippen LogP) is 4.91. The van der Waals surface area contributed by atoms with E-state index in [9.17, 15) is 4.79 Å². The van der Waals surface area contributed by atoms with Crippen molar-refractivity contribution in [3.63, 3.8) is 0 Å². The van der Waals surface area contributed by atoms with Gasteiger partial charge in [0.15, 0.2) is 5.15 Å². The van der Waals surface area contributed by atoms with Crippen LogP contribution >= 0.6 is 27.5 Å². The van der Waals surface area contributed by atoms with Gasteiger partial charge in [-0.15, -0.1) is 0 Å². The highest BCUT2D eigenvalue weighted by Gasteiger charge is 2.20. The first kappa shape index (κ1) is 18.9. The maximum Gasteiger partial charge on any atom is 0.238 e. The van der Waals surface area contributed by atoms with Crippen molar-refractivity contribution in [1.82, 2.24) is 9.88 Å². The van der Waals surface area contributed by atoms with E-state index in [-0.39, 0.29) is 11.9 Å². The van der Waals surface area contributed by atoms with E-state index in [4.69, 9.17) is 11.6 Å². The Morgan fingerprint density at radius 1 is 1.33 bits per heavy atom. The summed E-state index contributed by atoms with van der Waals surface area (Å²) in [5.74, 6) is -0.0998. The molecule has 0 aliphatic heterocycles. The van der Waals surface area contributed by atoms with Crippen LogP contribution in [0.25, 0.3) is 0 Å². The molecule has 1 heterocycles. The zero-order valence-corrected chi connectivity index (χ0v) is 16.1. The minimum absolute atomic E-state index is 0.0998. The Kier molecular flexibility index (Phi) is 7.21. The van der Waals surface area contributed by atoms with Gasteiger partial charge in [0.2, 0.25) is 5.91 Å². The molecule has 0 bridgehead atoms. The van der Waals surface area contributed by atoms with Gasteiger partial charge in [-0.2, -0.15) is 0 Å². The average molecular weight is 411 g/mol. The zero-order chi connectivity index (χ0) is 17.5. The summed E-state index contributed by atoms with van der Waals surface area (Å²) in [4.78, 5) is 18.5. The fourth-order valence-electron chi connectivity index (χ4n) is 2.56. The Morgan fingerprint density at radius 2 is 2.08 bits per heavy atom. The van der Waals surface area contributed by atoms with Crippen LogP contribution < -0.4 is 5.32 Å². The van der Waals surface area contributed by atoms with Crippen LogP contribution in [-0.4, -0.2) is 28.9 Å². The van der Waals surface area contributed by atoms with Crippen molar-refractivity contribution in [3.05, 3.63) is 57.8 Å². The fourth-order valence-corrected chi connectivity index (χ4v) is 3.34. The Hall–Kier alpha value is -1.43. The van der Waals surface area contributed by atoms with E-state index >= 15 is 0 Å². The first-order valence-electron chi connectivity index (χ1n) is 7.91. The molecule has 0 saturated heterocycles. The van der Waals surface area contributed by atoms with Crippen molar-refractivity contribution in [2.45, 2.75) is 26.3 Å². The predicted molar refractivity (Wildman–Crippen MR) is 102 cm³/mol. The van der Waals surface area contributed by atoms with Gasteiger partial charge in [0, 0.05) is 16.7 Å². The summed E-state index contributed by atoms with van der Waals surface area (Å²) >= 11 is 9.59. The van der Waals surface area contributed by atoms with Gasteiger partial charge in [0.25, 0.3) is 0 Å². The molecule has 1 unspecified atom stereocenters. The summed E-state index contributed by atoms with van der Waals surface area (Å²) in [6.07, 6.45) is 2.56.